The van der Waals surface area contributed by atoms with Crippen molar-refractivity contribution in [2.24, 2.45) is 0 Å². The highest BCUT2D eigenvalue weighted by Gasteiger charge is 2.30. The van der Waals surface area contributed by atoms with E-state index in [0.717, 1.165) is 61.4 Å². The summed E-state index contributed by atoms with van der Waals surface area (Å²) in [5.74, 6) is 0.669. The van der Waals surface area contributed by atoms with Crippen LogP contribution in [0.1, 0.15) is 5.56 Å². The van der Waals surface area contributed by atoms with E-state index in [9.17, 15) is 13.2 Å². The summed E-state index contributed by atoms with van der Waals surface area (Å²) in [5.41, 5.74) is 4.68. The van der Waals surface area contributed by atoms with Gasteiger partial charge in [-0.25, -0.2) is 4.98 Å². The Bertz CT molecular complexity index is 2610. The maximum Gasteiger partial charge on any atom is 0.416 e. The molecule has 0 bridgehead atoms. The fraction of sp³-hybridized carbons (Fsp3) is 0.0250. The van der Waals surface area contributed by atoms with Crippen molar-refractivity contribution in [1.82, 2.24) is 9.55 Å². The van der Waals surface area contributed by atoms with Crippen LogP contribution in [-0.2, 0) is 6.18 Å². The zero-order chi connectivity index (χ0) is 31.0. The SMILES string of the molecule is FC(F)(F)c1ccc(-n2c(-c3ccc(-c4ccc5c(c4)sc4ccccc45)cc3)nc3c4ccccc4c4ccccc4c32)cc1. The first-order chi connectivity index (χ1) is 22.4. The first-order valence-electron chi connectivity index (χ1n) is 15.0. The van der Waals surface area contributed by atoms with E-state index >= 15 is 0 Å². The van der Waals surface area contributed by atoms with Crippen molar-refractivity contribution in [3.63, 3.8) is 0 Å². The average Bonchev–Trinajstić information content (AvgIpc) is 3.67. The number of benzene rings is 7. The molecular weight excluding hydrogens is 598 g/mol. The van der Waals surface area contributed by atoms with Gasteiger partial charge < -0.3 is 0 Å². The van der Waals surface area contributed by atoms with Gasteiger partial charge in [0.2, 0.25) is 0 Å². The number of fused-ring (bicyclic) bond motifs is 9. The van der Waals surface area contributed by atoms with Crippen LogP contribution < -0.4 is 0 Å². The van der Waals surface area contributed by atoms with Gasteiger partial charge in [-0.05, 0) is 58.3 Å². The summed E-state index contributed by atoms with van der Waals surface area (Å²) in [4.78, 5) is 5.22. The van der Waals surface area contributed by atoms with Crippen LogP contribution in [0.25, 0.3) is 81.0 Å². The zero-order valence-corrected chi connectivity index (χ0v) is 25.0. The molecule has 9 rings (SSSR count). The van der Waals surface area contributed by atoms with Gasteiger partial charge in [0, 0.05) is 42.2 Å². The van der Waals surface area contributed by atoms with E-state index in [2.05, 4.69) is 91.0 Å². The molecule has 0 aliphatic rings. The Hall–Kier alpha value is -5.46. The molecular formula is C40H23F3N2S. The summed E-state index contributed by atoms with van der Waals surface area (Å²) < 4.78 is 45.1. The normalized spacial score (nSPS) is 12.2. The second kappa shape index (κ2) is 10.0. The predicted molar refractivity (Wildman–Crippen MR) is 185 cm³/mol. The van der Waals surface area contributed by atoms with Crippen molar-refractivity contribution in [3.05, 3.63) is 145 Å². The Kier molecular flexibility index (Phi) is 5.86. The topological polar surface area (TPSA) is 17.8 Å². The van der Waals surface area contributed by atoms with Crippen LogP contribution in [0.2, 0.25) is 0 Å². The van der Waals surface area contributed by atoms with Crippen LogP contribution in [0.3, 0.4) is 0 Å². The van der Waals surface area contributed by atoms with E-state index in [1.54, 1.807) is 11.3 Å². The van der Waals surface area contributed by atoms with Gasteiger partial charge in [0.1, 0.15) is 5.82 Å². The molecule has 2 aromatic heterocycles. The minimum atomic E-state index is -4.42. The maximum atomic E-state index is 13.5. The molecule has 0 aliphatic heterocycles. The highest BCUT2D eigenvalue weighted by Crippen LogP contribution is 2.41. The summed E-state index contributed by atoms with van der Waals surface area (Å²) in [6.45, 7) is 0. The zero-order valence-electron chi connectivity index (χ0n) is 24.2. The number of thiophene rings is 1. The number of nitrogens with zero attached hydrogens (tertiary/aromatic N) is 2. The molecule has 46 heavy (non-hydrogen) atoms. The smallest absolute Gasteiger partial charge is 0.292 e. The summed E-state index contributed by atoms with van der Waals surface area (Å²) in [7, 11) is 0. The lowest BCUT2D eigenvalue weighted by molar-refractivity contribution is -0.137. The molecule has 0 fully saturated rings. The lowest BCUT2D eigenvalue weighted by atomic mass is 10.00. The van der Waals surface area contributed by atoms with Gasteiger partial charge in [-0.1, -0.05) is 103 Å². The molecule has 0 spiro atoms. The first-order valence-corrected chi connectivity index (χ1v) is 15.8. The third-order valence-electron chi connectivity index (χ3n) is 8.84. The fourth-order valence-corrected chi connectivity index (χ4v) is 7.81. The van der Waals surface area contributed by atoms with E-state index in [1.807, 2.05) is 28.8 Å². The van der Waals surface area contributed by atoms with Gasteiger partial charge in [-0.3, -0.25) is 4.57 Å². The second-order valence-electron chi connectivity index (χ2n) is 11.5. The average molecular weight is 621 g/mol. The summed E-state index contributed by atoms with van der Waals surface area (Å²) >= 11 is 1.79. The minimum Gasteiger partial charge on any atom is -0.292 e. The summed E-state index contributed by atoms with van der Waals surface area (Å²) in [6.07, 6.45) is -4.42. The van der Waals surface area contributed by atoms with Crippen LogP contribution in [0.5, 0.6) is 0 Å². The molecule has 0 amide bonds. The molecule has 0 atom stereocenters. The molecule has 0 radical (unpaired) electrons. The number of halogens is 3. The lowest BCUT2D eigenvalue weighted by Crippen LogP contribution is -2.05. The van der Waals surface area contributed by atoms with Gasteiger partial charge in [0.25, 0.3) is 0 Å². The number of imidazole rings is 1. The maximum absolute atomic E-state index is 13.5. The first kappa shape index (κ1) is 26.9. The molecule has 0 saturated heterocycles. The quantitative estimate of drug-likeness (QED) is 0.180. The fourth-order valence-electron chi connectivity index (χ4n) is 6.67. The number of aromatic nitrogens is 2. The summed E-state index contributed by atoms with van der Waals surface area (Å²) in [6, 6.07) is 45.0. The second-order valence-corrected chi connectivity index (χ2v) is 12.6. The third kappa shape index (κ3) is 4.14. The highest BCUT2D eigenvalue weighted by molar-refractivity contribution is 7.25. The van der Waals surface area contributed by atoms with Crippen molar-refractivity contribution >= 4 is 64.1 Å². The minimum absolute atomic E-state index is 0.616. The standard InChI is InChI=1S/C40H23F3N2S/c41-40(42,43)27-18-20-28(21-19-27)45-38-34-11-4-2-8-30(34)29-7-1-3-10-33(29)37(38)44-39(45)25-15-13-24(14-16-25)26-17-22-32-31-9-5-6-12-35(31)46-36(32)23-26/h1-23H. The molecule has 0 saturated carbocycles. The van der Waals surface area contributed by atoms with Gasteiger partial charge in [-0.15, -0.1) is 11.3 Å². The van der Waals surface area contributed by atoms with E-state index in [0.29, 0.717) is 11.5 Å². The highest BCUT2D eigenvalue weighted by atomic mass is 32.1. The van der Waals surface area contributed by atoms with E-state index in [1.165, 1.54) is 32.3 Å². The van der Waals surface area contributed by atoms with Crippen molar-refractivity contribution in [3.8, 4) is 28.2 Å². The Morgan fingerprint density at radius 1 is 0.500 bits per heavy atom. The van der Waals surface area contributed by atoms with Crippen molar-refractivity contribution in [1.29, 1.82) is 0 Å². The summed E-state index contributed by atoms with van der Waals surface area (Å²) in [5, 5.41) is 6.66. The monoisotopic (exact) mass is 620 g/mol. The van der Waals surface area contributed by atoms with Crippen molar-refractivity contribution in [2.75, 3.05) is 0 Å². The molecule has 9 aromatic rings. The van der Waals surface area contributed by atoms with Crippen LogP contribution >= 0.6 is 11.3 Å². The van der Waals surface area contributed by atoms with Gasteiger partial charge in [-0.2, -0.15) is 13.2 Å². The van der Waals surface area contributed by atoms with Gasteiger partial charge in [0.05, 0.1) is 16.6 Å². The number of hydrogen-bond donors (Lipinski definition) is 0. The van der Waals surface area contributed by atoms with Crippen molar-refractivity contribution < 1.29 is 13.2 Å². The molecule has 2 nitrogen and oxygen atoms in total. The van der Waals surface area contributed by atoms with E-state index < -0.39 is 11.7 Å². The van der Waals surface area contributed by atoms with Crippen LogP contribution in [-0.4, -0.2) is 9.55 Å². The number of hydrogen-bond acceptors (Lipinski definition) is 2. The Balaban J connectivity index is 1.25. The van der Waals surface area contributed by atoms with Gasteiger partial charge in [0.15, 0.2) is 0 Å². The Morgan fingerprint density at radius 2 is 1.07 bits per heavy atom. The molecule has 2 heterocycles. The molecule has 0 unspecified atom stereocenters. The van der Waals surface area contributed by atoms with Crippen LogP contribution in [0.4, 0.5) is 13.2 Å². The lowest BCUT2D eigenvalue weighted by Gasteiger charge is -2.14. The Labute approximate surface area is 265 Å². The van der Waals surface area contributed by atoms with Crippen LogP contribution in [0, 0.1) is 0 Å². The van der Waals surface area contributed by atoms with E-state index in [4.69, 9.17) is 4.98 Å². The van der Waals surface area contributed by atoms with Gasteiger partial charge >= 0.3 is 6.18 Å². The number of rotatable bonds is 3. The number of alkyl halides is 3. The molecule has 0 aliphatic carbocycles. The van der Waals surface area contributed by atoms with E-state index in [-0.39, 0.29) is 0 Å². The van der Waals surface area contributed by atoms with Crippen molar-refractivity contribution in [2.45, 2.75) is 6.18 Å². The Morgan fingerprint density at radius 3 is 1.78 bits per heavy atom. The third-order valence-corrected chi connectivity index (χ3v) is 9.97. The predicted octanol–water partition coefficient (Wildman–Crippen LogP) is 12.1. The van der Waals surface area contributed by atoms with Crippen LogP contribution in [0.15, 0.2) is 140 Å². The molecule has 7 aromatic carbocycles. The largest absolute Gasteiger partial charge is 0.416 e. The molecule has 0 N–H and O–H groups in total. The molecule has 6 heteroatoms. The molecule has 220 valence electrons.